The summed E-state index contributed by atoms with van der Waals surface area (Å²) in [7, 11) is -3.95. The summed E-state index contributed by atoms with van der Waals surface area (Å²) in [6, 6.07) is 8.16. The van der Waals surface area contributed by atoms with E-state index in [1.807, 2.05) is 0 Å². The summed E-state index contributed by atoms with van der Waals surface area (Å²) in [5.74, 6) is 0.422. The Balaban J connectivity index is 1.72. The van der Waals surface area contributed by atoms with Gasteiger partial charge in [-0.3, -0.25) is 4.18 Å². The lowest BCUT2D eigenvalue weighted by molar-refractivity contribution is -0.241. The Morgan fingerprint density at radius 2 is 1.70 bits per heavy atom. The standard InChI is InChI=1S/C21H26O5S/c1-14(2)18(22)25-21-12-15-9-16(13-21)11-20(3,10-15)19(21)26-27(23,24)17-7-5-4-6-8-17/h4-8,15-16,19H,1,9-13H2,2-3H3. The molecule has 6 heteroatoms. The largest absolute Gasteiger partial charge is 0.453 e. The average molecular weight is 391 g/mol. The van der Waals surface area contributed by atoms with Crippen molar-refractivity contribution in [1.82, 2.24) is 0 Å². The summed E-state index contributed by atoms with van der Waals surface area (Å²) in [6.07, 6.45) is 3.59. The van der Waals surface area contributed by atoms with Crippen LogP contribution in [0.1, 0.15) is 46.0 Å². The minimum atomic E-state index is -3.95. The summed E-state index contributed by atoms with van der Waals surface area (Å²) in [5.41, 5.74) is -0.890. The van der Waals surface area contributed by atoms with Gasteiger partial charge in [0.25, 0.3) is 10.1 Å². The van der Waals surface area contributed by atoms with Crippen LogP contribution in [-0.4, -0.2) is 26.1 Å². The molecule has 4 fully saturated rings. The molecule has 0 aliphatic heterocycles. The van der Waals surface area contributed by atoms with Crippen LogP contribution in [0.2, 0.25) is 0 Å². The van der Waals surface area contributed by atoms with E-state index in [0.29, 0.717) is 30.3 Å². The normalized spacial score (nSPS) is 37.2. The van der Waals surface area contributed by atoms with Gasteiger partial charge in [0.1, 0.15) is 11.7 Å². The fraction of sp³-hybridized carbons (Fsp3) is 0.571. The highest BCUT2D eigenvalue weighted by Gasteiger charge is 2.66. The zero-order chi connectivity index (χ0) is 19.4. The number of carbonyl (C=O) groups is 1. The van der Waals surface area contributed by atoms with Crippen LogP contribution in [0.25, 0.3) is 0 Å². The average Bonchev–Trinajstić information content (AvgIpc) is 2.58. The van der Waals surface area contributed by atoms with Crippen LogP contribution in [0.15, 0.2) is 47.4 Å². The Bertz CT molecular complexity index is 859. The highest BCUT2D eigenvalue weighted by molar-refractivity contribution is 7.86. The molecule has 4 bridgehead atoms. The number of ether oxygens (including phenoxy) is 1. The molecule has 0 N–H and O–H groups in total. The second kappa shape index (κ2) is 6.17. The van der Waals surface area contributed by atoms with Gasteiger partial charge in [0, 0.05) is 5.57 Å². The van der Waals surface area contributed by atoms with Gasteiger partial charge in [-0.15, -0.1) is 0 Å². The molecule has 4 aliphatic carbocycles. The van der Waals surface area contributed by atoms with E-state index in [0.717, 1.165) is 19.3 Å². The molecule has 4 saturated carbocycles. The highest BCUT2D eigenvalue weighted by atomic mass is 32.2. The van der Waals surface area contributed by atoms with Crippen molar-refractivity contribution in [2.75, 3.05) is 0 Å². The van der Waals surface area contributed by atoms with Crippen molar-refractivity contribution in [2.45, 2.75) is 62.6 Å². The van der Waals surface area contributed by atoms with E-state index in [-0.39, 0.29) is 10.3 Å². The topological polar surface area (TPSA) is 69.7 Å². The molecule has 3 atom stereocenters. The monoisotopic (exact) mass is 390 g/mol. The Morgan fingerprint density at radius 1 is 1.11 bits per heavy atom. The molecule has 27 heavy (non-hydrogen) atoms. The van der Waals surface area contributed by atoms with Gasteiger partial charge in [-0.05, 0) is 68.4 Å². The van der Waals surface area contributed by atoms with Crippen LogP contribution in [0, 0.1) is 17.3 Å². The van der Waals surface area contributed by atoms with Crippen molar-refractivity contribution in [1.29, 1.82) is 0 Å². The van der Waals surface area contributed by atoms with Gasteiger partial charge in [-0.2, -0.15) is 8.42 Å². The zero-order valence-corrected chi connectivity index (χ0v) is 16.6. The van der Waals surface area contributed by atoms with Gasteiger partial charge in [0.2, 0.25) is 0 Å². The van der Waals surface area contributed by atoms with E-state index in [1.54, 1.807) is 25.1 Å². The minimum Gasteiger partial charge on any atom is -0.453 e. The SMILES string of the molecule is C=C(C)C(=O)OC12CC3CC(CC(C)(C3)C1OS(=O)(=O)c1ccccc1)C2. The molecule has 0 saturated heterocycles. The van der Waals surface area contributed by atoms with E-state index >= 15 is 0 Å². The summed E-state index contributed by atoms with van der Waals surface area (Å²) < 4.78 is 37.7. The molecule has 0 aromatic heterocycles. The van der Waals surface area contributed by atoms with Crippen LogP contribution in [0.3, 0.4) is 0 Å². The number of esters is 1. The van der Waals surface area contributed by atoms with Crippen molar-refractivity contribution < 1.29 is 22.1 Å². The molecular weight excluding hydrogens is 364 g/mol. The maximum Gasteiger partial charge on any atom is 0.333 e. The third-order valence-electron chi connectivity index (χ3n) is 6.46. The number of benzene rings is 1. The third kappa shape index (κ3) is 3.13. The lowest BCUT2D eigenvalue weighted by Gasteiger charge is -2.63. The first-order valence-corrected chi connectivity index (χ1v) is 10.9. The number of hydrogen-bond donors (Lipinski definition) is 0. The molecule has 5 rings (SSSR count). The molecule has 1 aromatic carbocycles. The Labute approximate surface area is 160 Å². The summed E-state index contributed by atoms with van der Waals surface area (Å²) in [4.78, 5) is 12.5. The van der Waals surface area contributed by atoms with Crippen molar-refractivity contribution in [3.8, 4) is 0 Å². The van der Waals surface area contributed by atoms with Crippen molar-refractivity contribution in [2.24, 2.45) is 17.3 Å². The quantitative estimate of drug-likeness (QED) is 0.434. The van der Waals surface area contributed by atoms with Gasteiger partial charge in [0.15, 0.2) is 0 Å². The van der Waals surface area contributed by atoms with Gasteiger partial charge < -0.3 is 4.74 Å². The van der Waals surface area contributed by atoms with E-state index in [9.17, 15) is 13.2 Å². The lowest BCUT2D eigenvalue weighted by Crippen LogP contribution is -2.67. The third-order valence-corrected chi connectivity index (χ3v) is 7.75. The second-order valence-corrected chi connectivity index (χ2v) is 10.5. The molecule has 5 nitrogen and oxygen atoms in total. The predicted octanol–water partition coefficient (Wildman–Crippen LogP) is 3.85. The lowest BCUT2D eigenvalue weighted by atomic mass is 9.47. The maximum absolute atomic E-state index is 12.9. The van der Waals surface area contributed by atoms with Crippen LogP contribution in [-0.2, 0) is 23.8 Å². The van der Waals surface area contributed by atoms with E-state index in [1.165, 1.54) is 12.1 Å². The molecule has 0 spiro atoms. The molecule has 0 heterocycles. The zero-order valence-electron chi connectivity index (χ0n) is 15.8. The molecule has 0 amide bonds. The molecule has 3 unspecified atom stereocenters. The van der Waals surface area contributed by atoms with E-state index in [2.05, 4.69) is 13.5 Å². The van der Waals surface area contributed by atoms with Crippen LogP contribution in [0.5, 0.6) is 0 Å². The highest BCUT2D eigenvalue weighted by Crippen LogP contribution is 2.64. The fourth-order valence-corrected chi connectivity index (χ4v) is 7.12. The first-order chi connectivity index (χ1) is 12.6. The maximum atomic E-state index is 12.9. The Hall–Kier alpha value is -1.66. The summed E-state index contributed by atoms with van der Waals surface area (Å²) >= 11 is 0. The number of rotatable bonds is 5. The van der Waals surface area contributed by atoms with Crippen molar-refractivity contribution in [3.63, 3.8) is 0 Å². The first-order valence-electron chi connectivity index (χ1n) is 9.51. The van der Waals surface area contributed by atoms with Gasteiger partial charge in [-0.25, -0.2) is 4.79 Å². The fourth-order valence-electron chi connectivity index (χ4n) is 5.86. The number of hydrogen-bond acceptors (Lipinski definition) is 5. The van der Waals surface area contributed by atoms with Crippen LogP contribution < -0.4 is 0 Å². The number of carbonyl (C=O) groups excluding carboxylic acids is 1. The Morgan fingerprint density at radius 3 is 2.26 bits per heavy atom. The Kier molecular flexibility index (Phi) is 4.27. The molecule has 4 aliphatic rings. The molecular formula is C21H26O5S. The van der Waals surface area contributed by atoms with Crippen molar-refractivity contribution in [3.05, 3.63) is 42.5 Å². The van der Waals surface area contributed by atoms with E-state index in [4.69, 9.17) is 8.92 Å². The van der Waals surface area contributed by atoms with Crippen LogP contribution in [0.4, 0.5) is 0 Å². The molecule has 146 valence electrons. The predicted molar refractivity (Wildman–Crippen MR) is 100 cm³/mol. The van der Waals surface area contributed by atoms with Crippen molar-refractivity contribution >= 4 is 16.1 Å². The molecule has 0 radical (unpaired) electrons. The summed E-state index contributed by atoms with van der Waals surface area (Å²) in [5, 5.41) is 0. The van der Waals surface area contributed by atoms with Gasteiger partial charge in [-0.1, -0.05) is 31.7 Å². The second-order valence-electron chi connectivity index (χ2n) is 8.92. The first kappa shape index (κ1) is 18.7. The van der Waals surface area contributed by atoms with Gasteiger partial charge >= 0.3 is 5.97 Å². The van der Waals surface area contributed by atoms with E-state index < -0.39 is 27.8 Å². The van der Waals surface area contributed by atoms with Gasteiger partial charge in [0.05, 0.1) is 4.90 Å². The summed E-state index contributed by atoms with van der Waals surface area (Å²) in [6.45, 7) is 7.38. The smallest absolute Gasteiger partial charge is 0.333 e. The minimum absolute atomic E-state index is 0.129. The molecule has 1 aromatic rings. The van der Waals surface area contributed by atoms with Crippen LogP contribution >= 0.6 is 0 Å².